The Morgan fingerprint density at radius 1 is 1.53 bits per heavy atom. The molecule has 0 saturated carbocycles. The van der Waals surface area contributed by atoms with Crippen molar-refractivity contribution in [3.63, 3.8) is 0 Å². The van der Waals surface area contributed by atoms with Crippen LogP contribution in [0.5, 0.6) is 0 Å². The van der Waals surface area contributed by atoms with Gasteiger partial charge in [-0.3, -0.25) is 4.79 Å². The van der Waals surface area contributed by atoms with Gasteiger partial charge < -0.3 is 4.90 Å². The van der Waals surface area contributed by atoms with Gasteiger partial charge in [-0.1, -0.05) is 0 Å². The molecule has 0 saturated heterocycles. The molecule has 1 rings (SSSR count). The average molecular weight is 330 g/mol. The van der Waals surface area contributed by atoms with Crippen LogP contribution in [0.1, 0.15) is 22.2 Å². The first-order valence-electron chi connectivity index (χ1n) is 4.86. The third-order valence-corrected chi connectivity index (χ3v) is 4.23. The van der Waals surface area contributed by atoms with Crippen LogP contribution in [0.4, 0.5) is 13.2 Å². The molecule has 0 aliphatic carbocycles. The monoisotopic (exact) mass is 329 g/mol. The fraction of sp³-hybridized carbons (Fsp3) is 0.500. The van der Waals surface area contributed by atoms with Gasteiger partial charge in [-0.2, -0.15) is 13.2 Å². The molecule has 0 bridgehead atoms. The molecular formula is C10H11BrF3NOS. The third kappa shape index (κ3) is 3.99. The quantitative estimate of drug-likeness (QED) is 0.825. The molecule has 1 amide bonds. The Hall–Kier alpha value is -0.560. The number of carbonyl (C=O) groups is 1. The largest absolute Gasteiger partial charge is 0.406 e. The summed E-state index contributed by atoms with van der Waals surface area (Å²) >= 11 is 4.39. The van der Waals surface area contributed by atoms with Crippen LogP contribution in [0.2, 0.25) is 0 Å². The third-order valence-electron chi connectivity index (χ3n) is 2.11. The summed E-state index contributed by atoms with van der Waals surface area (Å²) in [6.07, 6.45) is -4.37. The summed E-state index contributed by atoms with van der Waals surface area (Å²) < 4.78 is 37.5. The van der Waals surface area contributed by atoms with Crippen molar-refractivity contribution >= 4 is 33.2 Å². The summed E-state index contributed by atoms with van der Waals surface area (Å²) in [5.41, 5.74) is 0.849. The number of aryl methyl sites for hydroxylation is 1. The molecule has 17 heavy (non-hydrogen) atoms. The van der Waals surface area contributed by atoms with Crippen LogP contribution in [0.25, 0.3) is 0 Å². The van der Waals surface area contributed by atoms with Gasteiger partial charge in [0.25, 0.3) is 5.91 Å². The van der Waals surface area contributed by atoms with Crippen LogP contribution in [0.15, 0.2) is 9.85 Å². The maximum absolute atomic E-state index is 12.3. The van der Waals surface area contributed by atoms with E-state index in [1.807, 2.05) is 0 Å². The molecule has 0 aliphatic rings. The van der Waals surface area contributed by atoms with Gasteiger partial charge >= 0.3 is 6.18 Å². The second-order valence-electron chi connectivity index (χ2n) is 3.50. The number of carbonyl (C=O) groups excluding carboxylic acids is 1. The van der Waals surface area contributed by atoms with Crippen molar-refractivity contribution in [1.82, 2.24) is 4.90 Å². The number of alkyl halides is 3. The molecule has 0 radical (unpaired) electrons. The summed E-state index contributed by atoms with van der Waals surface area (Å²) in [7, 11) is 0. The molecule has 0 unspecified atom stereocenters. The highest BCUT2D eigenvalue weighted by atomic mass is 79.9. The highest BCUT2D eigenvalue weighted by Gasteiger charge is 2.33. The van der Waals surface area contributed by atoms with Gasteiger partial charge in [-0.05, 0) is 41.4 Å². The summed E-state index contributed by atoms with van der Waals surface area (Å²) in [4.78, 5) is 12.9. The smallest absolute Gasteiger partial charge is 0.329 e. The first-order chi connectivity index (χ1) is 7.74. The first-order valence-corrected chi connectivity index (χ1v) is 6.47. The van der Waals surface area contributed by atoms with Crippen molar-refractivity contribution in [2.24, 2.45) is 0 Å². The topological polar surface area (TPSA) is 20.3 Å². The minimum absolute atomic E-state index is 0.0346. The zero-order chi connectivity index (χ0) is 13.2. The number of hydrogen-bond donors (Lipinski definition) is 0. The highest BCUT2D eigenvalue weighted by Crippen LogP contribution is 2.29. The van der Waals surface area contributed by atoms with Gasteiger partial charge in [-0.15, -0.1) is 11.3 Å². The number of halogens is 4. The number of rotatable bonds is 3. The van der Waals surface area contributed by atoms with E-state index < -0.39 is 18.6 Å². The van der Waals surface area contributed by atoms with Crippen LogP contribution in [-0.2, 0) is 0 Å². The van der Waals surface area contributed by atoms with E-state index in [0.717, 1.165) is 25.6 Å². The Kier molecular flexibility index (Phi) is 4.60. The zero-order valence-electron chi connectivity index (χ0n) is 9.27. The molecule has 0 atom stereocenters. The van der Waals surface area contributed by atoms with Gasteiger partial charge in [0, 0.05) is 6.54 Å². The van der Waals surface area contributed by atoms with E-state index in [-0.39, 0.29) is 6.54 Å². The van der Waals surface area contributed by atoms with E-state index >= 15 is 0 Å². The number of thiophene rings is 1. The van der Waals surface area contributed by atoms with E-state index in [2.05, 4.69) is 15.9 Å². The number of nitrogens with zero attached hydrogens (tertiary/aromatic N) is 1. The molecule has 0 fully saturated rings. The molecule has 1 aromatic rings. The fourth-order valence-electron chi connectivity index (χ4n) is 1.26. The van der Waals surface area contributed by atoms with Crippen molar-refractivity contribution in [2.45, 2.75) is 20.0 Å². The molecule has 0 aromatic carbocycles. The van der Waals surface area contributed by atoms with Crippen molar-refractivity contribution in [3.05, 3.63) is 20.3 Å². The molecule has 96 valence electrons. The molecule has 2 nitrogen and oxygen atoms in total. The summed E-state index contributed by atoms with van der Waals surface area (Å²) in [5.74, 6) is -0.580. The zero-order valence-corrected chi connectivity index (χ0v) is 11.7. The molecule has 7 heteroatoms. The normalized spacial score (nSPS) is 11.6. The predicted octanol–water partition coefficient (Wildman–Crippen LogP) is 3.84. The van der Waals surface area contributed by atoms with Gasteiger partial charge in [0.1, 0.15) is 6.54 Å². The van der Waals surface area contributed by atoms with Gasteiger partial charge in [0.05, 0.1) is 8.66 Å². The van der Waals surface area contributed by atoms with Crippen molar-refractivity contribution in [1.29, 1.82) is 0 Å². The SMILES string of the molecule is CCN(CC(F)(F)F)C(=O)c1cc(C)c(Br)s1. The molecule has 0 aliphatic heterocycles. The van der Waals surface area contributed by atoms with Gasteiger partial charge in [-0.25, -0.2) is 0 Å². The molecular weight excluding hydrogens is 319 g/mol. The Balaban J connectivity index is 2.86. The minimum atomic E-state index is -4.37. The molecule has 0 N–H and O–H groups in total. The second-order valence-corrected chi connectivity index (χ2v) is 5.87. The van der Waals surface area contributed by atoms with Gasteiger partial charge in [0.15, 0.2) is 0 Å². The Morgan fingerprint density at radius 3 is 2.47 bits per heavy atom. The van der Waals surface area contributed by atoms with Crippen molar-refractivity contribution in [3.8, 4) is 0 Å². The lowest BCUT2D eigenvalue weighted by Crippen LogP contribution is -2.38. The lowest BCUT2D eigenvalue weighted by molar-refractivity contribution is -0.140. The van der Waals surface area contributed by atoms with Crippen LogP contribution in [0.3, 0.4) is 0 Å². The molecule has 1 aromatic heterocycles. The maximum atomic E-state index is 12.3. The maximum Gasteiger partial charge on any atom is 0.406 e. The number of amides is 1. The summed E-state index contributed by atoms with van der Waals surface area (Å²) in [5, 5.41) is 0. The van der Waals surface area contributed by atoms with Crippen molar-refractivity contribution < 1.29 is 18.0 Å². The predicted molar refractivity (Wildman–Crippen MR) is 64.4 cm³/mol. The first kappa shape index (κ1) is 14.5. The van der Waals surface area contributed by atoms with E-state index in [9.17, 15) is 18.0 Å². The Bertz CT molecular complexity index is 397. The van der Waals surface area contributed by atoms with Gasteiger partial charge in [0.2, 0.25) is 0 Å². The lowest BCUT2D eigenvalue weighted by atomic mass is 10.3. The van der Waals surface area contributed by atoms with Crippen LogP contribution in [-0.4, -0.2) is 30.1 Å². The standard InChI is InChI=1S/C10H11BrF3NOS/c1-3-15(5-10(12,13)14)9(16)7-4-6(2)8(11)17-7/h4H,3,5H2,1-2H3. The van der Waals surface area contributed by atoms with E-state index in [1.165, 1.54) is 6.92 Å². The van der Waals surface area contributed by atoms with Crippen molar-refractivity contribution in [2.75, 3.05) is 13.1 Å². The van der Waals surface area contributed by atoms with Crippen LogP contribution < -0.4 is 0 Å². The second kappa shape index (κ2) is 5.39. The van der Waals surface area contributed by atoms with Crippen LogP contribution >= 0.6 is 27.3 Å². The molecule has 0 spiro atoms. The minimum Gasteiger partial charge on any atom is -0.329 e. The summed E-state index contributed by atoms with van der Waals surface area (Å²) in [6.45, 7) is 2.14. The van der Waals surface area contributed by atoms with E-state index in [0.29, 0.717) is 4.88 Å². The van der Waals surface area contributed by atoms with E-state index in [1.54, 1.807) is 13.0 Å². The highest BCUT2D eigenvalue weighted by molar-refractivity contribution is 9.11. The lowest BCUT2D eigenvalue weighted by Gasteiger charge is -2.21. The number of hydrogen-bond acceptors (Lipinski definition) is 2. The average Bonchev–Trinajstić information content (AvgIpc) is 2.53. The fourth-order valence-corrected chi connectivity index (χ4v) is 2.77. The summed E-state index contributed by atoms with van der Waals surface area (Å²) in [6, 6.07) is 1.59. The Morgan fingerprint density at radius 2 is 2.12 bits per heavy atom. The van der Waals surface area contributed by atoms with E-state index in [4.69, 9.17) is 0 Å². The Labute approximate surface area is 110 Å². The van der Waals surface area contributed by atoms with Crippen LogP contribution in [0, 0.1) is 6.92 Å². The molecule has 1 heterocycles.